The fourth-order valence-corrected chi connectivity index (χ4v) is 2.86. The number of hydrogen-bond donors (Lipinski definition) is 3. The second-order valence-electron chi connectivity index (χ2n) is 6.25. The third-order valence-electron chi connectivity index (χ3n) is 4.20. The number of anilines is 2. The molecule has 1 aliphatic rings. The van der Waals surface area contributed by atoms with Crippen LogP contribution in [-0.4, -0.2) is 41.3 Å². The molecule has 3 rings (SSSR count). The molecule has 0 spiro atoms. The number of aromatic nitrogens is 1. The molecule has 0 bridgehead atoms. The van der Waals surface area contributed by atoms with Gasteiger partial charge in [-0.1, -0.05) is 6.42 Å². The Morgan fingerprint density at radius 1 is 1.08 bits per heavy atom. The molecule has 1 aromatic heterocycles. The predicted octanol–water partition coefficient (Wildman–Crippen LogP) is 1.81. The van der Waals surface area contributed by atoms with Crippen molar-refractivity contribution < 1.29 is 14.0 Å². The third-order valence-corrected chi connectivity index (χ3v) is 4.20. The van der Waals surface area contributed by atoms with E-state index >= 15 is 0 Å². The normalized spacial score (nSPS) is 14.8. The van der Waals surface area contributed by atoms with Crippen LogP contribution in [0.15, 0.2) is 34.9 Å². The van der Waals surface area contributed by atoms with Crippen molar-refractivity contribution in [2.75, 3.05) is 30.3 Å². The summed E-state index contributed by atoms with van der Waals surface area (Å²) in [5, 5.41) is 5.60. The molecule has 1 fully saturated rings. The van der Waals surface area contributed by atoms with Gasteiger partial charge in [-0.15, -0.1) is 0 Å². The molecule has 138 valence electrons. The van der Waals surface area contributed by atoms with Crippen LogP contribution in [-0.2, 0) is 11.3 Å². The van der Waals surface area contributed by atoms with Gasteiger partial charge in [-0.05, 0) is 50.2 Å². The van der Waals surface area contributed by atoms with Crippen LogP contribution < -0.4 is 16.4 Å². The number of carbonyl (C=O) groups is 2. The SMILES string of the molecule is NCc1nc(C(=O)Nc2ccc(NC(=O)CN3CCCCC3)cc2)co1. The number of hydrogen-bond acceptors (Lipinski definition) is 6. The number of nitrogens with one attached hydrogen (secondary N) is 2. The molecular weight excluding hydrogens is 334 g/mol. The van der Waals surface area contributed by atoms with Gasteiger partial charge in [-0.3, -0.25) is 14.5 Å². The topological polar surface area (TPSA) is 113 Å². The maximum absolute atomic E-state index is 12.1. The highest BCUT2D eigenvalue weighted by Gasteiger charge is 2.14. The molecule has 0 atom stereocenters. The average Bonchev–Trinajstić information content (AvgIpc) is 3.13. The standard InChI is InChI=1S/C18H23N5O3/c19-10-17-22-15(12-26-17)18(25)21-14-6-4-13(5-7-14)20-16(24)11-23-8-2-1-3-9-23/h4-7,12H,1-3,8-11,19H2,(H,20,24)(H,21,25). The summed E-state index contributed by atoms with van der Waals surface area (Å²) in [6.45, 7) is 2.51. The zero-order chi connectivity index (χ0) is 18.4. The van der Waals surface area contributed by atoms with Crippen LogP contribution in [0.5, 0.6) is 0 Å². The molecule has 2 heterocycles. The van der Waals surface area contributed by atoms with E-state index in [4.69, 9.17) is 10.2 Å². The zero-order valence-corrected chi connectivity index (χ0v) is 14.5. The Kier molecular flexibility index (Phi) is 5.98. The van der Waals surface area contributed by atoms with Crippen molar-refractivity contribution in [3.05, 3.63) is 42.1 Å². The number of piperidine rings is 1. The Balaban J connectivity index is 1.51. The summed E-state index contributed by atoms with van der Waals surface area (Å²) in [5.41, 5.74) is 6.87. The molecule has 0 saturated carbocycles. The van der Waals surface area contributed by atoms with Gasteiger partial charge in [0.2, 0.25) is 11.8 Å². The molecule has 26 heavy (non-hydrogen) atoms. The smallest absolute Gasteiger partial charge is 0.277 e. The lowest BCUT2D eigenvalue weighted by atomic mass is 10.1. The van der Waals surface area contributed by atoms with E-state index in [1.165, 1.54) is 12.7 Å². The highest BCUT2D eigenvalue weighted by atomic mass is 16.3. The number of likely N-dealkylation sites (tertiary alicyclic amines) is 1. The maximum atomic E-state index is 12.1. The van der Waals surface area contributed by atoms with Crippen molar-refractivity contribution in [1.29, 1.82) is 0 Å². The third kappa shape index (κ3) is 4.90. The maximum Gasteiger partial charge on any atom is 0.277 e. The number of oxazole rings is 1. The fourth-order valence-electron chi connectivity index (χ4n) is 2.86. The number of nitrogens with zero attached hydrogens (tertiary/aromatic N) is 2. The molecule has 0 unspecified atom stereocenters. The summed E-state index contributed by atoms with van der Waals surface area (Å²) in [5.74, 6) is -0.0992. The predicted molar refractivity (Wildman–Crippen MR) is 97.7 cm³/mol. The van der Waals surface area contributed by atoms with Crippen LogP contribution >= 0.6 is 0 Å². The minimum atomic E-state index is -0.379. The van der Waals surface area contributed by atoms with Gasteiger partial charge in [0, 0.05) is 11.4 Å². The first-order valence-corrected chi connectivity index (χ1v) is 8.72. The van der Waals surface area contributed by atoms with Crippen LogP contribution in [0.1, 0.15) is 35.6 Å². The first-order valence-electron chi connectivity index (χ1n) is 8.72. The van der Waals surface area contributed by atoms with E-state index in [2.05, 4.69) is 20.5 Å². The highest BCUT2D eigenvalue weighted by molar-refractivity contribution is 6.02. The van der Waals surface area contributed by atoms with Gasteiger partial charge >= 0.3 is 0 Å². The monoisotopic (exact) mass is 357 g/mol. The van der Waals surface area contributed by atoms with Gasteiger partial charge in [0.15, 0.2) is 5.69 Å². The molecule has 1 aliphatic heterocycles. The largest absolute Gasteiger partial charge is 0.447 e. The van der Waals surface area contributed by atoms with E-state index in [1.54, 1.807) is 24.3 Å². The number of carbonyl (C=O) groups excluding carboxylic acids is 2. The molecule has 2 amide bonds. The van der Waals surface area contributed by atoms with Gasteiger partial charge in [-0.2, -0.15) is 0 Å². The van der Waals surface area contributed by atoms with E-state index in [0.29, 0.717) is 23.8 Å². The second-order valence-corrected chi connectivity index (χ2v) is 6.25. The quantitative estimate of drug-likeness (QED) is 0.726. The lowest BCUT2D eigenvalue weighted by Gasteiger charge is -2.25. The molecular formula is C18H23N5O3. The van der Waals surface area contributed by atoms with E-state index in [9.17, 15) is 9.59 Å². The van der Waals surface area contributed by atoms with Crippen LogP contribution in [0.3, 0.4) is 0 Å². The zero-order valence-electron chi connectivity index (χ0n) is 14.5. The van der Waals surface area contributed by atoms with E-state index in [1.807, 2.05) is 0 Å². The Hall–Kier alpha value is -2.71. The van der Waals surface area contributed by atoms with Crippen molar-refractivity contribution in [3.63, 3.8) is 0 Å². The molecule has 4 N–H and O–H groups in total. The Morgan fingerprint density at radius 2 is 1.73 bits per heavy atom. The summed E-state index contributed by atoms with van der Waals surface area (Å²) in [7, 11) is 0. The van der Waals surface area contributed by atoms with E-state index in [0.717, 1.165) is 25.9 Å². The van der Waals surface area contributed by atoms with Crippen molar-refractivity contribution in [2.24, 2.45) is 5.73 Å². The molecule has 8 heteroatoms. The number of benzene rings is 1. The molecule has 1 saturated heterocycles. The van der Waals surface area contributed by atoms with Gasteiger partial charge in [-0.25, -0.2) is 4.98 Å². The van der Waals surface area contributed by atoms with Gasteiger partial charge in [0.05, 0.1) is 13.1 Å². The number of nitrogens with two attached hydrogens (primary N) is 1. The van der Waals surface area contributed by atoms with Gasteiger partial charge in [0.25, 0.3) is 5.91 Å². The van der Waals surface area contributed by atoms with Crippen LogP contribution in [0.25, 0.3) is 0 Å². The van der Waals surface area contributed by atoms with Crippen LogP contribution in [0.2, 0.25) is 0 Å². The summed E-state index contributed by atoms with van der Waals surface area (Å²) in [6, 6.07) is 6.94. The first-order chi connectivity index (χ1) is 12.6. The lowest BCUT2D eigenvalue weighted by molar-refractivity contribution is -0.117. The molecule has 2 aromatic rings. The van der Waals surface area contributed by atoms with E-state index in [-0.39, 0.29) is 24.1 Å². The Labute approximate surface area is 151 Å². The first kappa shape index (κ1) is 18.1. The lowest BCUT2D eigenvalue weighted by Crippen LogP contribution is -2.36. The number of amides is 2. The van der Waals surface area contributed by atoms with Crippen LogP contribution in [0.4, 0.5) is 11.4 Å². The Bertz CT molecular complexity index is 750. The van der Waals surface area contributed by atoms with Gasteiger partial charge < -0.3 is 20.8 Å². The van der Waals surface area contributed by atoms with Crippen molar-refractivity contribution in [2.45, 2.75) is 25.8 Å². The summed E-state index contributed by atoms with van der Waals surface area (Å²) >= 11 is 0. The van der Waals surface area contributed by atoms with Gasteiger partial charge in [0.1, 0.15) is 6.26 Å². The highest BCUT2D eigenvalue weighted by Crippen LogP contribution is 2.15. The molecule has 1 aromatic carbocycles. The fraction of sp³-hybridized carbons (Fsp3) is 0.389. The molecule has 8 nitrogen and oxygen atoms in total. The molecule has 0 aliphatic carbocycles. The summed E-state index contributed by atoms with van der Waals surface area (Å²) < 4.78 is 5.05. The van der Waals surface area contributed by atoms with Crippen molar-refractivity contribution >= 4 is 23.2 Å². The summed E-state index contributed by atoms with van der Waals surface area (Å²) in [4.78, 5) is 30.3. The number of rotatable bonds is 6. The average molecular weight is 357 g/mol. The van der Waals surface area contributed by atoms with E-state index < -0.39 is 0 Å². The van der Waals surface area contributed by atoms with Crippen molar-refractivity contribution in [1.82, 2.24) is 9.88 Å². The minimum absolute atomic E-state index is 0.0272. The van der Waals surface area contributed by atoms with Crippen LogP contribution in [0, 0.1) is 0 Å². The van der Waals surface area contributed by atoms with Crippen molar-refractivity contribution in [3.8, 4) is 0 Å². The Morgan fingerprint density at radius 3 is 2.35 bits per heavy atom. The second kappa shape index (κ2) is 8.59. The minimum Gasteiger partial charge on any atom is -0.447 e. The summed E-state index contributed by atoms with van der Waals surface area (Å²) in [6.07, 6.45) is 4.82. The molecule has 0 radical (unpaired) electrons.